The summed E-state index contributed by atoms with van der Waals surface area (Å²) in [6.07, 6.45) is 0. The highest BCUT2D eigenvalue weighted by Gasteiger charge is 2.19. The molecule has 5 rings (SSSR count). The van der Waals surface area contributed by atoms with Gasteiger partial charge >= 0.3 is 0 Å². The largest absolute Gasteiger partial charge is 0.454 e. The van der Waals surface area contributed by atoms with Crippen molar-refractivity contribution in [3.05, 3.63) is 90.3 Å². The molecule has 0 saturated heterocycles. The number of aromatic nitrogens is 3. The Bertz CT molecular complexity index is 1130. The lowest BCUT2D eigenvalue weighted by molar-refractivity contribution is 0.0940. The molecule has 0 unspecified atom stereocenters. The number of amides is 1. The Morgan fingerprint density at radius 1 is 0.933 bits per heavy atom. The lowest BCUT2D eigenvalue weighted by atomic mass is 10.2. The molecule has 1 N–H and O–H groups in total. The molecule has 1 aliphatic heterocycles. The summed E-state index contributed by atoms with van der Waals surface area (Å²) in [4.78, 5) is 17.3. The maximum absolute atomic E-state index is 12.8. The number of rotatable bonds is 5. The van der Waals surface area contributed by atoms with Gasteiger partial charge < -0.3 is 14.8 Å². The molecule has 1 aliphatic rings. The van der Waals surface area contributed by atoms with E-state index in [9.17, 15) is 4.79 Å². The van der Waals surface area contributed by atoms with Crippen molar-refractivity contribution in [2.45, 2.75) is 6.54 Å². The summed E-state index contributed by atoms with van der Waals surface area (Å²) in [7, 11) is 0. The zero-order valence-corrected chi connectivity index (χ0v) is 16.0. The van der Waals surface area contributed by atoms with Crippen molar-refractivity contribution in [1.29, 1.82) is 0 Å². The highest BCUT2D eigenvalue weighted by atomic mass is 16.7. The molecule has 7 nitrogen and oxygen atoms in total. The third kappa shape index (κ3) is 3.48. The maximum atomic E-state index is 12.8. The summed E-state index contributed by atoms with van der Waals surface area (Å²) >= 11 is 0. The van der Waals surface area contributed by atoms with E-state index < -0.39 is 0 Å². The SMILES string of the molecule is O=C(NCc1ccc2c(c1)OCO2)c1nc(-c2ccccc2)n(-c2ccccc2)n1. The van der Waals surface area contributed by atoms with Gasteiger partial charge in [0.2, 0.25) is 12.6 Å². The molecular weight excluding hydrogens is 380 g/mol. The smallest absolute Gasteiger partial charge is 0.291 e. The van der Waals surface area contributed by atoms with Crippen molar-refractivity contribution in [3.8, 4) is 28.6 Å². The van der Waals surface area contributed by atoms with Gasteiger partial charge in [-0.2, -0.15) is 0 Å². The van der Waals surface area contributed by atoms with E-state index >= 15 is 0 Å². The minimum Gasteiger partial charge on any atom is -0.454 e. The number of carbonyl (C=O) groups excluding carboxylic acids is 1. The molecule has 0 saturated carbocycles. The third-order valence-electron chi connectivity index (χ3n) is 4.73. The Morgan fingerprint density at radius 3 is 2.47 bits per heavy atom. The van der Waals surface area contributed by atoms with Crippen LogP contribution in [0.5, 0.6) is 11.5 Å². The van der Waals surface area contributed by atoms with Crippen molar-refractivity contribution in [1.82, 2.24) is 20.1 Å². The zero-order chi connectivity index (χ0) is 20.3. The number of carbonyl (C=O) groups is 1. The predicted molar refractivity (Wildman–Crippen MR) is 111 cm³/mol. The Morgan fingerprint density at radius 2 is 1.67 bits per heavy atom. The minimum atomic E-state index is -0.348. The van der Waals surface area contributed by atoms with Crippen molar-refractivity contribution in [3.63, 3.8) is 0 Å². The quantitative estimate of drug-likeness (QED) is 0.556. The molecule has 3 aromatic carbocycles. The number of ether oxygens (including phenoxy) is 2. The lowest BCUT2D eigenvalue weighted by Crippen LogP contribution is -2.24. The molecule has 7 heteroatoms. The first kappa shape index (κ1) is 17.9. The van der Waals surface area contributed by atoms with E-state index in [2.05, 4.69) is 15.4 Å². The van der Waals surface area contributed by atoms with E-state index in [1.54, 1.807) is 4.68 Å². The lowest BCUT2D eigenvalue weighted by Gasteiger charge is -2.05. The molecule has 0 spiro atoms. The third-order valence-corrected chi connectivity index (χ3v) is 4.73. The van der Waals surface area contributed by atoms with Gasteiger partial charge in [-0.15, -0.1) is 5.10 Å². The van der Waals surface area contributed by atoms with E-state index in [0.29, 0.717) is 23.9 Å². The Balaban J connectivity index is 1.41. The van der Waals surface area contributed by atoms with Crippen LogP contribution < -0.4 is 14.8 Å². The fraction of sp³-hybridized carbons (Fsp3) is 0.0870. The van der Waals surface area contributed by atoms with Gasteiger partial charge in [0.25, 0.3) is 5.91 Å². The number of hydrogen-bond donors (Lipinski definition) is 1. The summed E-state index contributed by atoms with van der Waals surface area (Å²) < 4.78 is 12.4. The van der Waals surface area contributed by atoms with Gasteiger partial charge in [0.15, 0.2) is 17.3 Å². The maximum Gasteiger partial charge on any atom is 0.291 e. The standard InChI is InChI=1S/C23H18N4O3/c28-23(24-14-16-11-12-19-20(13-16)30-15-29-19)21-25-22(17-7-3-1-4-8-17)27(26-21)18-9-5-2-6-10-18/h1-13H,14-15H2,(H,24,28). The van der Waals surface area contributed by atoms with Crippen LogP contribution in [0.25, 0.3) is 17.1 Å². The van der Waals surface area contributed by atoms with Crippen LogP contribution in [0.3, 0.4) is 0 Å². The average Bonchev–Trinajstić information content (AvgIpc) is 3.46. The van der Waals surface area contributed by atoms with Gasteiger partial charge in [-0.1, -0.05) is 54.6 Å². The van der Waals surface area contributed by atoms with E-state index in [4.69, 9.17) is 9.47 Å². The molecule has 148 valence electrons. The molecule has 0 radical (unpaired) electrons. The number of hydrogen-bond acceptors (Lipinski definition) is 5. The topological polar surface area (TPSA) is 78.3 Å². The van der Waals surface area contributed by atoms with Crippen LogP contribution in [0.15, 0.2) is 78.9 Å². The second-order valence-corrected chi connectivity index (χ2v) is 6.74. The molecule has 4 aromatic rings. The van der Waals surface area contributed by atoms with E-state index in [-0.39, 0.29) is 18.5 Å². The van der Waals surface area contributed by atoms with Gasteiger partial charge in [0.1, 0.15) is 0 Å². The molecule has 30 heavy (non-hydrogen) atoms. The molecule has 0 aliphatic carbocycles. The summed E-state index contributed by atoms with van der Waals surface area (Å²) in [5, 5.41) is 7.35. The fourth-order valence-electron chi connectivity index (χ4n) is 3.24. The zero-order valence-electron chi connectivity index (χ0n) is 16.0. The number of nitrogens with one attached hydrogen (secondary N) is 1. The van der Waals surface area contributed by atoms with E-state index in [0.717, 1.165) is 16.8 Å². The summed E-state index contributed by atoms with van der Waals surface area (Å²) in [5.41, 5.74) is 2.61. The summed E-state index contributed by atoms with van der Waals surface area (Å²) in [5.74, 6) is 1.76. The van der Waals surface area contributed by atoms with Gasteiger partial charge in [-0.3, -0.25) is 4.79 Å². The van der Waals surface area contributed by atoms with Gasteiger partial charge in [0, 0.05) is 12.1 Å². The van der Waals surface area contributed by atoms with Crippen LogP contribution in [0.2, 0.25) is 0 Å². The Kier molecular flexibility index (Phi) is 4.61. The minimum absolute atomic E-state index is 0.110. The molecule has 1 amide bonds. The molecule has 2 heterocycles. The second kappa shape index (κ2) is 7.71. The highest BCUT2D eigenvalue weighted by Crippen LogP contribution is 2.32. The van der Waals surface area contributed by atoms with Crippen LogP contribution in [0.1, 0.15) is 16.2 Å². The van der Waals surface area contributed by atoms with Crippen LogP contribution in [0, 0.1) is 0 Å². The van der Waals surface area contributed by atoms with Crippen molar-refractivity contribution in [2.24, 2.45) is 0 Å². The van der Waals surface area contributed by atoms with Crippen LogP contribution >= 0.6 is 0 Å². The van der Waals surface area contributed by atoms with Crippen LogP contribution in [0.4, 0.5) is 0 Å². The van der Waals surface area contributed by atoms with Crippen molar-refractivity contribution >= 4 is 5.91 Å². The van der Waals surface area contributed by atoms with Gasteiger partial charge in [-0.05, 0) is 29.8 Å². The highest BCUT2D eigenvalue weighted by molar-refractivity contribution is 5.91. The normalized spacial score (nSPS) is 12.0. The fourth-order valence-corrected chi connectivity index (χ4v) is 3.24. The predicted octanol–water partition coefficient (Wildman–Crippen LogP) is 3.59. The first-order valence-electron chi connectivity index (χ1n) is 9.52. The van der Waals surface area contributed by atoms with E-state index in [1.807, 2.05) is 78.9 Å². The number of benzene rings is 3. The van der Waals surface area contributed by atoms with Crippen molar-refractivity contribution < 1.29 is 14.3 Å². The van der Waals surface area contributed by atoms with Gasteiger partial charge in [0.05, 0.1) is 5.69 Å². The van der Waals surface area contributed by atoms with Crippen molar-refractivity contribution in [2.75, 3.05) is 6.79 Å². The first-order chi connectivity index (χ1) is 14.8. The Labute approximate surface area is 172 Å². The molecule has 0 fully saturated rings. The summed E-state index contributed by atoms with van der Waals surface area (Å²) in [6, 6.07) is 24.9. The van der Waals surface area contributed by atoms with E-state index in [1.165, 1.54) is 0 Å². The first-order valence-corrected chi connectivity index (χ1v) is 9.52. The monoisotopic (exact) mass is 398 g/mol. The van der Waals surface area contributed by atoms with Gasteiger partial charge in [-0.25, -0.2) is 9.67 Å². The van der Waals surface area contributed by atoms with Crippen LogP contribution in [-0.2, 0) is 6.54 Å². The molecular formula is C23H18N4O3. The Hall–Kier alpha value is -4.13. The molecule has 1 aromatic heterocycles. The molecule has 0 bridgehead atoms. The number of para-hydroxylation sites is 1. The number of fused-ring (bicyclic) bond motifs is 1. The number of nitrogens with zero attached hydrogens (tertiary/aromatic N) is 3. The molecule has 0 atom stereocenters. The van der Waals surface area contributed by atoms with Crippen LogP contribution in [-0.4, -0.2) is 27.5 Å². The average molecular weight is 398 g/mol. The summed E-state index contributed by atoms with van der Waals surface area (Å²) in [6.45, 7) is 0.546. The second-order valence-electron chi connectivity index (χ2n) is 6.74.